The number of halogens is 1. The second kappa shape index (κ2) is 7.66. The molecule has 1 aromatic carbocycles. The Hall–Kier alpha value is -4.21. The maximum Gasteiger partial charge on any atom is 0.365 e. The Balaban J connectivity index is 1.46. The molecule has 0 aliphatic heterocycles. The molecule has 3 aromatic heterocycles. The number of carbonyl (C=O) groups is 1. The van der Waals surface area contributed by atoms with Crippen LogP contribution in [0.5, 0.6) is 0 Å². The standard InChI is InChI=1S/C20H17FN6O3/c1-26-8-7-16-17(18(26)28)15(11-27(16)2)25-30-19(29)12-9-22-20(23-10-12)24-14-5-3-13(21)4-6-14/h3-11,25H,1-2H3,(H,22,23,24). The summed E-state index contributed by atoms with van der Waals surface area (Å²) in [6, 6.07) is 7.49. The Morgan fingerprint density at radius 2 is 1.77 bits per heavy atom. The van der Waals surface area contributed by atoms with E-state index in [-0.39, 0.29) is 22.9 Å². The van der Waals surface area contributed by atoms with Gasteiger partial charge in [-0.05, 0) is 30.3 Å². The number of nitrogens with zero attached hydrogens (tertiary/aromatic N) is 4. The number of hydrogen-bond acceptors (Lipinski definition) is 7. The van der Waals surface area contributed by atoms with Crippen LogP contribution in [0.3, 0.4) is 0 Å². The highest BCUT2D eigenvalue weighted by Crippen LogP contribution is 2.22. The van der Waals surface area contributed by atoms with E-state index in [4.69, 9.17) is 4.84 Å². The minimum atomic E-state index is -0.715. The van der Waals surface area contributed by atoms with Gasteiger partial charge < -0.3 is 19.3 Å². The first-order chi connectivity index (χ1) is 14.4. The summed E-state index contributed by atoms with van der Waals surface area (Å²) in [4.78, 5) is 37.9. The number of pyridine rings is 1. The average molecular weight is 408 g/mol. The number of hydrogen-bond donors (Lipinski definition) is 2. The van der Waals surface area contributed by atoms with Crippen LogP contribution in [0.1, 0.15) is 10.4 Å². The van der Waals surface area contributed by atoms with Crippen molar-refractivity contribution < 1.29 is 14.0 Å². The summed E-state index contributed by atoms with van der Waals surface area (Å²) in [6.45, 7) is 0. The SMILES string of the molecule is Cn1ccc2c(c(NOC(=O)c3cnc(Nc4ccc(F)cc4)nc3)cn2C)c1=O. The summed E-state index contributed by atoms with van der Waals surface area (Å²) in [5.74, 6) is -0.826. The maximum absolute atomic E-state index is 13.0. The maximum atomic E-state index is 13.0. The molecular formula is C20H17FN6O3. The lowest BCUT2D eigenvalue weighted by atomic mass is 10.3. The van der Waals surface area contributed by atoms with Gasteiger partial charge in [0.25, 0.3) is 5.56 Å². The topological polar surface area (TPSA) is 103 Å². The van der Waals surface area contributed by atoms with Crippen molar-refractivity contribution in [2.75, 3.05) is 10.8 Å². The Kier molecular flexibility index (Phi) is 4.88. The van der Waals surface area contributed by atoms with Crippen LogP contribution in [0.15, 0.2) is 59.9 Å². The van der Waals surface area contributed by atoms with E-state index >= 15 is 0 Å². The highest BCUT2D eigenvalue weighted by molar-refractivity contribution is 5.93. The number of rotatable bonds is 5. The van der Waals surface area contributed by atoms with Crippen LogP contribution in [0, 0.1) is 5.82 Å². The molecule has 0 bridgehead atoms. The van der Waals surface area contributed by atoms with Crippen LogP contribution < -0.4 is 16.4 Å². The van der Waals surface area contributed by atoms with Crippen molar-refractivity contribution in [1.82, 2.24) is 19.1 Å². The molecular weight excluding hydrogens is 391 g/mol. The van der Waals surface area contributed by atoms with E-state index in [1.807, 2.05) is 0 Å². The van der Waals surface area contributed by atoms with Gasteiger partial charge in [0, 0.05) is 44.6 Å². The molecule has 152 valence electrons. The Morgan fingerprint density at radius 1 is 1.07 bits per heavy atom. The minimum Gasteiger partial charge on any atom is -0.348 e. The molecule has 0 saturated heterocycles. The van der Waals surface area contributed by atoms with Gasteiger partial charge in [-0.3, -0.25) is 4.79 Å². The second-order valence-electron chi connectivity index (χ2n) is 6.56. The van der Waals surface area contributed by atoms with Crippen molar-refractivity contribution in [2.45, 2.75) is 0 Å². The van der Waals surface area contributed by atoms with Crippen LogP contribution in [0.2, 0.25) is 0 Å². The van der Waals surface area contributed by atoms with Crippen LogP contribution in [0.4, 0.5) is 21.7 Å². The van der Waals surface area contributed by atoms with Crippen molar-refractivity contribution in [1.29, 1.82) is 0 Å². The molecule has 0 aliphatic carbocycles. The van der Waals surface area contributed by atoms with Gasteiger partial charge in [0.05, 0.1) is 16.5 Å². The lowest BCUT2D eigenvalue weighted by Gasteiger charge is -2.07. The highest BCUT2D eigenvalue weighted by atomic mass is 19.1. The summed E-state index contributed by atoms with van der Waals surface area (Å²) in [5, 5.41) is 3.30. The monoisotopic (exact) mass is 408 g/mol. The van der Waals surface area contributed by atoms with Gasteiger partial charge in [0.2, 0.25) is 5.95 Å². The zero-order valence-electron chi connectivity index (χ0n) is 16.1. The normalized spacial score (nSPS) is 10.8. The summed E-state index contributed by atoms with van der Waals surface area (Å²) in [6.07, 6.45) is 5.92. The number of benzene rings is 1. The molecule has 0 fully saturated rings. The third-order valence-corrected chi connectivity index (χ3v) is 4.46. The third kappa shape index (κ3) is 3.70. The molecule has 4 rings (SSSR count). The van der Waals surface area contributed by atoms with E-state index in [0.717, 1.165) is 0 Å². The fraction of sp³-hybridized carbons (Fsp3) is 0.100. The quantitative estimate of drug-likeness (QED) is 0.490. The van der Waals surface area contributed by atoms with Crippen molar-refractivity contribution >= 4 is 34.2 Å². The summed E-state index contributed by atoms with van der Waals surface area (Å²) in [7, 11) is 3.43. The average Bonchev–Trinajstić information content (AvgIpc) is 3.07. The van der Waals surface area contributed by atoms with Crippen LogP contribution in [-0.4, -0.2) is 25.1 Å². The first kappa shape index (κ1) is 19.1. The Morgan fingerprint density at radius 3 is 2.47 bits per heavy atom. The lowest BCUT2D eigenvalue weighted by Crippen LogP contribution is -2.17. The Labute approximate surface area is 169 Å². The first-order valence-electron chi connectivity index (χ1n) is 8.89. The van der Waals surface area contributed by atoms with Crippen molar-refractivity contribution in [3.05, 3.63) is 76.9 Å². The molecule has 0 amide bonds. The zero-order valence-corrected chi connectivity index (χ0v) is 16.1. The molecule has 0 aliphatic rings. The fourth-order valence-corrected chi connectivity index (χ4v) is 2.89. The molecule has 0 spiro atoms. The summed E-state index contributed by atoms with van der Waals surface area (Å²) in [5.41, 5.74) is 4.12. The van der Waals surface area contributed by atoms with Crippen molar-refractivity contribution in [2.24, 2.45) is 14.1 Å². The molecule has 4 aromatic rings. The molecule has 30 heavy (non-hydrogen) atoms. The van der Waals surface area contributed by atoms with Gasteiger partial charge in [0.1, 0.15) is 11.5 Å². The second-order valence-corrected chi connectivity index (χ2v) is 6.56. The highest BCUT2D eigenvalue weighted by Gasteiger charge is 2.15. The number of fused-ring (bicyclic) bond motifs is 1. The van der Waals surface area contributed by atoms with E-state index in [2.05, 4.69) is 20.8 Å². The number of anilines is 3. The molecule has 0 saturated carbocycles. The van der Waals surface area contributed by atoms with Crippen molar-refractivity contribution in [3.63, 3.8) is 0 Å². The first-order valence-corrected chi connectivity index (χ1v) is 8.89. The smallest absolute Gasteiger partial charge is 0.348 e. The zero-order chi connectivity index (χ0) is 21.3. The van der Waals surface area contributed by atoms with Gasteiger partial charge >= 0.3 is 5.97 Å². The molecule has 10 heteroatoms. The predicted octanol–water partition coefficient (Wildman–Crippen LogP) is 2.73. The molecule has 3 heterocycles. The molecule has 0 atom stereocenters. The van der Waals surface area contributed by atoms with E-state index in [0.29, 0.717) is 22.3 Å². The van der Waals surface area contributed by atoms with E-state index in [1.165, 1.54) is 29.1 Å². The predicted molar refractivity (Wildman–Crippen MR) is 109 cm³/mol. The fourth-order valence-electron chi connectivity index (χ4n) is 2.89. The number of aromatic nitrogens is 4. The number of aryl methyl sites for hydroxylation is 2. The summed E-state index contributed by atoms with van der Waals surface area (Å²) >= 11 is 0. The van der Waals surface area contributed by atoms with Gasteiger partial charge in [-0.2, -0.15) is 0 Å². The summed E-state index contributed by atoms with van der Waals surface area (Å²) < 4.78 is 16.2. The van der Waals surface area contributed by atoms with Gasteiger partial charge in [-0.1, -0.05) is 0 Å². The molecule has 2 N–H and O–H groups in total. The number of carbonyl (C=O) groups excluding carboxylic acids is 1. The molecule has 9 nitrogen and oxygen atoms in total. The van der Waals surface area contributed by atoms with Crippen LogP contribution in [0.25, 0.3) is 10.9 Å². The minimum absolute atomic E-state index is 0.111. The number of nitrogens with one attached hydrogen (secondary N) is 2. The van der Waals surface area contributed by atoms with E-state index in [9.17, 15) is 14.0 Å². The third-order valence-electron chi connectivity index (χ3n) is 4.46. The van der Waals surface area contributed by atoms with Gasteiger partial charge in [-0.25, -0.2) is 24.6 Å². The molecule has 0 unspecified atom stereocenters. The van der Waals surface area contributed by atoms with Gasteiger partial charge in [0.15, 0.2) is 0 Å². The lowest BCUT2D eigenvalue weighted by molar-refractivity contribution is 0.0596. The van der Waals surface area contributed by atoms with Crippen molar-refractivity contribution in [3.8, 4) is 0 Å². The van der Waals surface area contributed by atoms with Gasteiger partial charge in [-0.15, -0.1) is 0 Å². The molecule has 0 radical (unpaired) electrons. The Bertz CT molecular complexity index is 1280. The largest absolute Gasteiger partial charge is 0.365 e. The van der Waals surface area contributed by atoms with Crippen LogP contribution >= 0.6 is 0 Å². The van der Waals surface area contributed by atoms with E-state index in [1.54, 1.807) is 49.3 Å². The van der Waals surface area contributed by atoms with E-state index < -0.39 is 5.97 Å². The van der Waals surface area contributed by atoms with Crippen LogP contribution in [-0.2, 0) is 18.9 Å².